The number of fused-ring (bicyclic) bond motifs is 7. The topological polar surface area (TPSA) is 118 Å². The number of carbonyl (C=O) groups is 4. The highest BCUT2D eigenvalue weighted by molar-refractivity contribution is 6.02. The Hall–Kier alpha value is -3.03. The van der Waals surface area contributed by atoms with Crippen LogP contribution in [0.1, 0.15) is 127 Å². The quantitative estimate of drug-likeness (QED) is 0.321. The Balaban J connectivity index is 1.33. The van der Waals surface area contributed by atoms with E-state index in [1.54, 1.807) is 0 Å². The number of hydrogen-bond acceptors (Lipinski definition) is 5. The monoisotopic (exact) mass is 636 g/mol. The van der Waals surface area contributed by atoms with Gasteiger partial charge < -0.3 is 14.9 Å². The van der Waals surface area contributed by atoms with Gasteiger partial charge in [0.1, 0.15) is 11.9 Å². The van der Waals surface area contributed by atoms with Crippen molar-refractivity contribution in [2.75, 3.05) is 0 Å². The molecule has 0 spiro atoms. The molecule has 0 heterocycles. The summed E-state index contributed by atoms with van der Waals surface area (Å²) in [6.45, 7) is 15.3. The van der Waals surface area contributed by atoms with E-state index in [1.807, 2.05) is 13.0 Å². The van der Waals surface area contributed by atoms with E-state index < -0.39 is 46.2 Å². The third kappa shape index (κ3) is 4.40. The summed E-state index contributed by atoms with van der Waals surface area (Å²) in [5, 5.41) is 19.8. The standard InChI is InChI=1S/C38H49FO7/c1-33(2)27-10-13-38(7)29(36(27,5)12-11-28(33)46-31(43)22-9-8-21(39)18-23(22)30(41)42)26(40)19-24-25-20-35(4,32(44)45)15-14-34(25,3)16-17-37(24,38)6/h8-9,18-19,25,27-29H,10-17,20H2,1-7H3,(H,41,42)(H,44,45)/t25-,27-,28-,29+,34+,35-,36-,37+,38+/m0/s1. The Kier molecular flexibility index (Phi) is 7.32. The van der Waals surface area contributed by atoms with E-state index in [0.717, 1.165) is 44.2 Å². The van der Waals surface area contributed by atoms with Crippen LogP contribution < -0.4 is 0 Å². The highest BCUT2D eigenvalue weighted by Crippen LogP contribution is 2.75. The van der Waals surface area contributed by atoms with Gasteiger partial charge in [0.2, 0.25) is 0 Å². The minimum atomic E-state index is -1.39. The molecule has 5 aliphatic carbocycles. The van der Waals surface area contributed by atoms with E-state index in [9.17, 15) is 33.8 Å². The number of rotatable bonds is 4. The van der Waals surface area contributed by atoms with Crippen LogP contribution in [0, 0.1) is 56.1 Å². The van der Waals surface area contributed by atoms with Gasteiger partial charge >= 0.3 is 17.9 Å². The first-order valence-corrected chi connectivity index (χ1v) is 17.0. The molecule has 7 nitrogen and oxygen atoms in total. The van der Waals surface area contributed by atoms with Crippen LogP contribution in [0.4, 0.5) is 4.39 Å². The highest BCUT2D eigenvalue weighted by Gasteiger charge is 2.70. The molecule has 0 aromatic heterocycles. The number of ether oxygens (including phenoxy) is 1. The molecule has 0 aliphatic heterocycles. The van der Waals surface area contributed by atoms with Gasteiger partial charge in [0.05, 0.1) is 16.5 Å². The smallest absolute Gasteiger partial charge is 0.339 e. The summed E-state index contributed by atoms with van der Waals surface area (Å²) in [7, 11) is 0. The summed E-state index contributed by atoms with van der Waals surface area (Å²) < 4.78 is 19.9. The second-order valence-electron chi connectivity index (χ2n) is 17.3. The van der Waals surface area contributed by atoms with Crippen LogP contribution in [0.5, 0.6) is 0 Å². The Bertz CT molecular complexity index is 1560. The van der Waals surface area contributed by atoms with Crippen molar-refractivity contribution < 1.29 is 38.5 Å². The normalized spacial score (nSPS) is 42.8. The summed E-state index contributed by atoms with van der Waals surface area (Å²) in [5.74, 6) is -3.61. The van der Waals surface area contributed by atoms with Crippen molar-refractivity contribution in [1.82, 2.24) is 0 Å². The predicted octanol–water partition coefficient (Wildman–Crippen LogP) is 8.11. The largest absolute Gasteiger partial charge is 0.481 e. The van der Waals surface area contributed by atoms with Gasteiger partial charge in [0.15, 0.2) is 5.78 Å². The number of allylic oxidation sites excluding steroid dienone is 2. The van der Waals surface area contributed by atoms with Gasteiger partial charge in [-0.05, 0) is 122 Å². The Morgan fingerprint density at radius 3 is 2.20 bits per heavy atom. The van der Waals surface area contributed by atoms with E-state index in [1.165, 1.54) is 11.6 Å². The lowest BCUT2D eigenvalue weighted by Crippen LogP contribution is -2.66. The fourth-order valence-corrected chi connectivity index (χ4v) is 11.6. The van der Waals surface area contributed by atoms with Crippen LogP contribution in [0.3, 0.4) is 0 Å². The molecule has 0 radical (unpaired) electrons. The van der Waals surface area contributed by atoms with Gasteiger partial charge in [-0.2, -0.15) is 0 Å². The number of halogens is 1. The second-order valence-corrected chi connectivity index (χ2v) is 17.3. The van der Waals surface area contributed by atoms with E-state index in [4.69, 9.17) is 4.74 Å². The Labute approximate surface area is 271 Å². The molecule has 0 saturated heterocycles. The average molecular weight is 637 g/mol. The molecule has 1 aromatic rings. The van der Waals surface area contributed by atoms with Crippen molar-refractivity contribution in [3.8, 4) is 0 Å². The van der Waals surface area contributed by atoms with Crippen molar-refractivity contribution >= 4 is 23.7 Å². The van der Waals surface area contributed by atoms with Crippen molar-refractivity contribution in [3.63, 3.8) is 0 Å². The number of aromatic carboxylic acids is 1. The number of aliphatic carboxylic acids is 1. The molecule has 0 amide bonds. The molecule has 4 saturated carbocycles. The van der Waals surface area contributed by atoms with Crippen LogP contribution in [0.2, 0.25) is 0 Å². The zero-order valence-corrected chi connectivity index (χ0v) is 28.3. The summed E-state index contributed by atoms with van der Waals surface area (Å²) >= 11 is 0. The van der Waals surface area contributed by atoms with Crippen LogP contribution >= 0.6 is 0 Å². The Morgan fingerprint density at radius 2 is 1.54 bits per heavy atom. The number of benzene rings is 1. The third-order valence-corrected chi connectivity index (χ3v) is 14.7. The minimum absolute atomic E-state index is 0.0140. The number of carbonyl (C=O) groups excluding carboxylic acids is 2. The van der Waals surface area contributed by atoms with Crippen molar-refractivity contribution in [2.45, 2.75) is 112 Å². The summed E-state index contributed by atoms with van der Waals surface area (Å²) in [6, 6.07) is 3.07. The predicted molar refractivity (Wildman–Crippen MR) is 170 cm³/mol. The first-order valence-electron chi connectivity index (χ1n) is 17.0. The fourth-order valence-electron chi connectivity index (χ4n) is 11.6. The highest BCUT2D eigenvalue weighted by atomic mass is 19.1. The molecule has 250 valence electrons. The zero-order valence-electron chi connectivity index (χ0n) is 28.3. The number of carboxylic acids is 2. The molecule has 9 atom stereocenters. The summed E-state index contributed by atoms with van der Waals surface area (Å²) in [4.78, 5) is 52.1. The fraction of sp³-hybridized carbons (Fsp3) is 0.684. The molecular weight excluding hydrogens is 587 g/mol. The lowest BCUT2D eigenvalue weighted by Gasteiger charge is -2.70. The van der Waals surface area contributed by atoms with Gasteiger partial charge in [-0.3, -0.25) is 9.59 Å². The number of esters is 1. The van der Waals surface area contributed by atoms with Gasteiger partial charge in [-0.15, -0.1) is 0 Å². The van der Waals surface area contributed by atoms with Crippen LogP contribution in [-0.2, 0) is 14.3 Å². The third-order valence-electron chi connectivity index (χ3n) is 14.7. The minimum Gasteiger partial charge on any atom is -0.481 e. The molecule has 0 unspecified atom stereocenters. The van der Waals surface area contributed by atoms with E-state index in [0.29, 0.717) is 25.7 Å². The lowest BCUT2D eigenvalue weighted by molar-refractivity contribution is -0.202. The van der Waals surface area contributed by atoms with Gasteiger partial charge in [0.25, 0.3) is 0 Å². The molecule has 6 rings (SSSR count). The molecule has 8 heteroatoms. The summed E-state index contributed by atoms with van der Waals surface area (Å²) in [6.07, 6.45) is 8.40. The van der Waals surface area contributed by atoms with E-state index in [2.05, 4.69) is 41.5 Å². The van der Waals surface area contributed by atoms with Crippen molar-refractivity contribution in [1.29, 1.82) is 0 Å². The first-order chi connectivity index (χ1) is 21.2. The molecule has 5 aliphatic rings. The number of hydrogen-bond donors (Lipinski definition) is 2. The summed E-state index contributed by atoms with van der Waals surface area (Å²) in [5.41, 5.74) is -1.63. The van der Waals surface area contributed by atoms with Gasteiger partial charge in [0, 0.05) is 11.3 Å². The van der Waals surface area contributed by atoms with Crippen molar-refractivity contribution in [2.24, 2.45) is 50.2 Å². The lowest BCUT2D eigenvalue weighted by atomic mass is 9.33. The van der Waals surface area contributed by atoms with Gasteiger partial charge in [-0.25, -0.2) is 14.0 Å². The average Bonchev–Trinajstić information content (AvgIpc) is 2.96. The number of carboxylic acid groups (broad SMARTS) is 2. The number of ketones is 1. The van der Waals surface area contributed by atoms with E-state index >= 15 is 0 Å². The van der Waals surface area contributed by atoms with Crippen LogP contribution in [0.25, 0.3) is 0 Å². The maximum atomic E-state index is 14.6. The van der Waals surface area contributed by atoms with E-state index in [-0.39, 0.29) is 50.8 Å². The van der Waals surface area contributed by atoms with Crippen LogP contribution in [0.15, 0.2) is 29.8 Å². The SMILES string of the molecule is CC1(C)[C@@H](OC(=O)c2ccc(F)cc2C(=O)O)CC[C@]2(C)[C@H]3C(=O)C=C4[C@@H]5C[C@@](C)(C(=O)O)CC[C@]5(C)CC[C@@]4(C)[C@]3(C)CC[C@@H]12. The molecule has 0 bridgehead atoms. The molecule has 1 aromatic carbocycles. The maximum Gasteiger partial charge on any atom is 0.339 e. The zero-order chi connectivity index (χ0) is 33.8. The molecule has 4 fully saturated rings. The molecule has 46 heavy (non-hydrogen) atoms. The van der Waals surface area contributed by atoms with Gasteiger partial charge in [-0.1, -0.05) is 47.1 Å². The molecular formula is C38H49FO7. The maximum absolute atomic E-state index is 14.6. The second kappa shape index (κ2) is 10.2. The van der Waals surface area contributed by atoms with Crippen molar-refractivity contribution in [3.05, 3.63) is 46.8 Å². The Morgan fingerprint density at radius 1 is 0.870 bits per heavy atom. The first kappa shape index (κ1) is 32.9. The van der Waals surface area contributed by atoms with Crippen LogP contribution in [-0.4, -0.2) is 40.0 Å². The molecule has 2 N–H and O–H groups in total.